The molecule has 0 spiro atoms. The van der Waals surface area contributed by atoms with Gasteiger partial charge in [0.2, 0.25) is 0 Å². The molecular weight excluding hydrogens is 263 g/mol. The second-order valence-electron chi connectivity index (χ2n) is 6.69. The molecule has 0 aliphatic heterocycles. The van der Waals surface area contributed by atoms with E-state index in [-0.39, 0.29) is 11.9 Å². The smallest absolute Gasteiger partial charge is 0.146 e. The van der Waals surface area contributed by atoms with Gasteiger partial charge in [-0.15, -0.1) is 0 Å². The zero-order valence-electron chi connectivity index (χ0n) is 13.6. The first-order valence-electron chi connectivity index (χ1n) is 8.28. The van der Waals surface area contributed by atoms with Crippen LogP contribution in [0.2, 0.25) is 0 Å². The standard InChI is InChI=1S/C18H29FN2/c1-4-15(20)11-14-8-9-18(17(19)12-14)21(3)16-7-5-6-13(2)10-16/h8-9,12-13,15-16H,4-7,10-11,20H2,1-3H3. The molecule has 3 unspecified atom stereocenters. The van der Waals surface area contributed by atoms with Gasteiger partial charge in [0.05, 0.1) is 5.69 Å². The fraction of sp³-hybridized carbons (Fsp3) is 0.667. The Hall–Kier alpha value is -1.09. The van der Waals surface area contributed by atoms with E-state index in [4.69, 9.17) is 5.73 Å². The Balaban J connectivity index is 2.09. The van der Waals surface area contributed by atoms with Gasteiger partial charge >= 0.3 is 0 Å². The minimum absolute atomic E-state index is 0.114. The lowest BCUT2D eigenvalue weighted by Gasteiger charge is -2.35. The third-order valence-corrected chi connectivity index (χ3v) is 4.87. The molecule has 1 saturated carbocycles. The molecule has 2 nitrogen and oxygen atoms in total. The fourth-order valence-electron chi connectivity index (χ4n) is 3.36. The van der Waals surface area contributed by atoms with Crippen molar-refractivity contribution in [1.82, 2.24) is 0 Å². The maximum atomic E-state index is 14.4. The van der Waals surface area contributed by atoms with Crippen molar-refractivity contribution in [2.24, 2.45) is 11.7 Å². The molecule has 0 heterocycles. The molecule has 0 saturated heterocycles. The van der Waals surface area contributed by atoms with E-state index in [0.717, 1.165) is 30.0 Å². The molecule has 2 rings (SSSR count). The molecule has 21 heavy (non-hydrogen) atoms. The van der Waals surface area contributed by atoms with Crippen LogP contribution in [0, 0.1) is 11.7 Å². The number of hydrogen-bond acceptors (Lipinski definition) is 2. The summed E-state index contributed by atoms with van der Waals surface area (Å²) in [6.07, 6.45) is 6.56. The monoisotopic (exact) mass is 292 g/mol. The van der Waals surface area contributed by atoms with Gasteiger partial charge in [-0.2, -0.15) is 0 Å². The molecule has 1 fully saturated rings. The van der Waals surface area contributed by atoms with Gasteiger partial charge in [0.25, 0.3) is 0 Å². The van der Waals surface area contributed by atoms with Gasteiger partial charge in [0, 0.05) is 19.1 Å². The summed E-state index contributed by atoms with van der Waals surface area (Å²) >= 11 is 0. The molecule has 0 radical (unpaired) electrons. The predicted molar refractivity (Wildman–Crippen MR) is 88.2 cm³/mol. The molecule has 3 atom stereocenters. The molecule has 1 aliphatic carbocycles. The van der Waals surface area contributed by atoms with Gasteiger partial charge in [-0.3, -0.25) is 0 Å². The average molecular weight is 292 g/mol. The summed E-state index contributed by atoms with van der Waals surface area (Å²) in [7, 11) is 2.03. The number of rotatable bonds is 5. The van der Waals surface area contributed by atoms with E-state index in [1.165, 1.54) is 25.7 Å². The first kappa shape index (κ1) is 16.3. The number of nitrogens with two attached hydrogens (primary N) is 1. The summed E-state index contributed by atoms with van der Waals surface area (Å²) in [5.74, 6) is 0.632. The molecule has 2 N–H and O–H groups in total. The lowest BCUT2D eigenvalue weighted by atomic mass is 9.86. The number of benzene rings is 1. The van der Waals surface area contributed by atoms with Crippen molar-refractivity contribution in [3.05, 3.63) is 29.6 Å². The van der Waals surface area contributed by atoms with Gasteiger partial charge in [-0.05, 0) is 49.3 Å². The van der Waals surface area contributed by atoms with Crippen LogP contribution in [0.5, 0.6) is 0 Å². The van der Waals surface area contributed by atoms with E-state index in [2.05, 4.69) is 18.7 Å². The fourth-order valence-corrected chi connectivity index (χ4v) is 3.36. The maximum absolute atomic E-state index is 14.4. The molecule has 0 bridgehead atoms. The van der Waals surface area contributed by atoms with Gasteiger partial charge in [0.1, 0.15) is 5.82 Å². The van der Waals surface area contributed by atoms with E-state index in [0.29, 0.717) is 6.04 Å². The van der Waals surface area contributed by atoms with Gasteiger partial charge < -0.3 is 10.6 Å². The van der Waals surface area contributed by atoms with E-state index < -0.39 is 0 Å². The van der Waals surface area contributed by atoms with Crippen LogP contribution in [0.25, 0.3) is 0 Å². The van der Waals surface area contributed by atoms with E-state index in [9.17, 15) is 4.39 Å². The summed E-state index contributed by atoms with van der Waals surface area (Å²) in [6.45, 7) is 4.36. The van der Waals surface area contributed by atoms with E-state index in [1.54, 1.807) is 6.07 Å². The second kappa shape index (κ2) is 7.26. The molecule has 1 aromatic rings. The average Bonchev–Trinajstić information content (AvgIpc) is 2.46. The zero-order valence-corrected chi connectivity index (χ0v) is 13.6. The van der Waals surface area contributed by atoms with Crippen LogP contribution in [0.4, 0.5) is 10.1 Å². The highest BCUT2D eigenvalue weighted by Gasteiger charge is 2.24. The van der Waals surface area contributed by atoms with Crippen molar-refractivity contribution < 1.29 is 4.39 Å². The van der Waals surface area contributed by atoms with E-state index >= 15 is 0 Å². The van der Waals surface area contributed by atoms with E-state index in [1.807, 2.05) is 19.2 Å². The second-order valence-corrected chi connectivity index (χ2v) is 6.69. The topological polar surface area (TPSA) is 29.3 Å². The molecule has 0 aromatic heterocycles. The lowest BCUT2D eigenvalue weighted by Crippen LogP contribution is -2.36. The largest absolute Gasteiger partial charge is 0.369 e. The number of nitrogens with zero attached hydrogens (tertiary/aromatic N) is 1. The predicted octanol–water partition coefficient (Wildman–Crippen LogP) is 4.12. The molecule has 0 amide bonds. The quantitative estimate of drug-likeness (QED) is 0.884. The van der Waals surface area contributed by atoms with Crippen LogP contribution in [-0.4, -0.2) is 19.1 Å². The Morgan fingerprint density at radius 1 is 1.38 bits per heavy atom. The Morgan fingerprint density at radius 2 is 2.14 bits per heavy atom. The summed E-state index contributed by atoms with van der Waals surface area (Å²) in [6, 6.07) is 6.19. The van der Waals surface area contributed by atoms with Crippen LogP contribution in [0.1, 0.15) is 51.5 Å². The number of anilines is 1. The normalized spacial score (nSPS) is 23.9. The van der Waals surface area contributed by atoms with Crippen LogP contribution >= 0.6 is 0 Å². The highest BCUT2D eigenvalue weighted by molar-refractivity contribution is 5.49. The van der Waals surface area contributed by atoms with Crippen LogP contribution in [0.3, 0.4) is 0 Å². The van der Waals surface area contributed by atoms with Crippen LogP contribution < -0.4 is 10.6 Å². The summed E-state index contributed by atoms with van der Waals surface area (Å²) in [4.78, 5) is 2.13. The zero-order chi connectivity index (χ0) is 15.4. The first-order chi connectivity index (χ1) is 10.0. The minimum atomic E-state index is -0.114. The third-order valence-electron chi connectivity index (χ3n) is 4.87. The first-order valence-corrected chi connectivity index (χ1v) is 8.28. The van der Waals surface area contributed by atoms with Gasteiger partial charge in [0.15, 0.2) is 0 Å². The molecule has 1 aromatic carbocycles. The van der Waals surface area contributed by atoms with Crippen LogP contribution in [0.15, 0.2) is 18.2 Å². The Morgan fingerprint density at radius 3 is 2.76 bits per heavy atom. The number of hydrogen-bond donors (Lipinski definition) is 1. The van der Waals surface area contributed by atoms with Crippen molar-refractivity contribution >= 4 is 5.69 Å². The summed E-state index contributed by atoms with van der Waals surface area (Å²) in [5, 5.41) is 0. The molecule has 118 valence electrons. The van der Waals surface area contributed by atoms with Crippen molar-refractivity contribution in [3.8, 4) is 0 Å². The molecule has 3 heteroatoms. The van der Waals surface area contributed by atoms with Crippen molar-refractivity contribution in [2.75, 3.05) is 11.9 Å². The Kier molecular flexibility index (Phi) is 5.63. The van der Waals surface area contributed by atoms with Crippen molar-refractivity contribution in [3.63, 3.8) is 0 Å². The highest BCUT2D eigenvalue weighted by Crippen LogP contribution is 2.31. The van der Waals surface area contributed by atoms with Crippen molar-refractivity contribution in [1.29, 1.82) is 0 Å². The molecule has 1 aliphatic rings. The van der Waals surface area contributed by atoms with Crippen LogP contribution in [-0.2, 0) is 6.42 Å². The van der Waals surface area contributed by atoms with Crippen molar-refractivity contribution in [2.45, 2.75) is 64.5 Å². The summed E-state index contributed by atoms with van der Waals surface area (Å²) in [5.41, 5.74) is 7.67. The lowest BCUT2D eigenvalue weighted by molar-refractivity contribution is 0.335. The van der Waals surface area contributed by atoms with Gasteiger partial charge in [-0.1, -0.05) is 32.8 Å². The molecular formula is C18H29FN2. The Bertz CT molecular complexity index is 461. The SMILES string of the molecule is CCC(N)Cc1ccc(N(C)C2CCCC(C)C2)c(F)c1. The number of halogens is 1. The maximum Gasteiger partial charge on any atom is 0.146 e. The minimum Gasteiger partial charge on any atom is -0.369 e. The highest BCUT2D eigenvalue weighted by atomic mass is 19.1. The third kappa shape index (κ3) is 4.19. The summed E-state index contributed by atoms with van der Waals surface area (Å²) < 4.78 is 14.4. The Labute approximate surface area is 128 Å². The van der Waals surface area contributed by atoms with Gasteiger partial charge in [-0.25, -0.2) is 4.39 Å².